The Hall–Kier alpha value is -2.32. The molecule has 0 fully saturated rings. The van der Waals surface area contributed by atoms with Gasteiger partial charge in [0.25, 0.3) is 5.69 Å². The van der Waals surface area contributed by atoms with Crippen molar-refractivity contribution in [3.05, 3.63) is 61.8 Å². The van der Waals surface area contributed by atoms with E-state index in [1.54, 1.807) is 26.8 Å². The molecule has 2 unspecified atom stereocenters. The molecule has 2 atom stereocenters. The summed E-state index contributed by atoms with van der Waals surface area (Å²) in [6, 6.07) is 5.98. The van der Waals surface area contributed by atoms with Gasteiger partial charge < -0.3 is 15.0 Å². The first-order valence-electron chi connectivity index (χ1n) is 7.33. The standard InChI is InChI=1S/C16H18N2O5S/c1-4-24(23)15-10(3)17-9(2)13(16(19)20)14(15)11-7-5-6-8-12(11)18(21)22/h5-8,14,17H,4H2,1-3H3,(H,19,20). The molecule has 1 aliphatic rings. The van der Waals surface area contributed by atoms with Gasteiger partial charge in [0, 0.05) is 17.3 Å². The van der Waals surface area contributed by atoms with Crippen LogP contribution in [-0.2, 0) is 16.0 Å². The number of hydrogen-bond donors (Lipinski definition) is 2. The van der Waals surface area contributed by atoms with E-state index in [4.69, 9.17) is 0 Å². The van der Waals surface area contributed by atoms with Crippen molar-refractivity contribution in [2.45, 2.75) is 26.7 Å². The first-order valence-corrected chi connectivity index (χ1v) is 8.65. The van der Waals surface area contributed by atoms with Crippen molar-refractivity contribution < 1.29 is 19.4 Å². The summed E-state index contributed by atoms with van der Waals surface area (Å²) in [6.07, 6.45) is 0. The maximum atomic E-state index is 12.5. The maximum absolute atomic E-state index is 12.5. The Labute approximate surface area is 142 Å². The highest BCUT2D eigenvalue weighted by Gasteiger charge is 2.41. The van der Waals surface area contributed by atoms with Gasteiger partial charge >= 0.3 is 5.97 Å². The van der Waals surface area contributed by atoms with E-state index < -0.39 is 28.0 Å². The van der Waals surface area contributed by atoms with Crippen LogP contribution in [0.15, 0.2) is 46.1 Å². The van der Waals surface area contributed by atoms with Crippen LogP contribution >= 0.6 is 0 Å². The molecule has 0 amide bonds. The van der Waals surface area contributed by atoms with Gasteiger partial charge in [-0.3, -0.25) is 10.1 Å². The number of hydrogen-bond acceptors (Lipinski definition) is 5. The minimum atomic E-state index is -1.45. The Morgan fingerprint density at radius 2 is 1.96 bits per heavy atom. The summed E-state index contributed by atoms with van der Waals surface area (Å²) in [7, 11) is 0. The van der Waals surface area contributed by atoms with Crippen molar-refractivity contribution in [2.75, 3.05) is 5.75 Å². The molecule has 0 spiro atoms. The van der Waals surface area contributed by atoms with Gasteiger partial charge in [-0.25, -0.2) is 4.79 Å². The molecule has 1 heterocycles. The van der Waals surface area contributed by atoms with E-state index in [1.807, 2.05) is 0 Å². The van der Waals surface area contributed by atoms with Gasteiger partial charge in [0.2, 0.25) is 0 Å². The van der Waals surface area contributed by atoms with E-state index in [2.05, 4.69) is 5.32 Å². The second-order valence-electron chi connectivity index (χ2n) is 5.34. The first kappa shape index (κ1) is 18.0. The topological polar surface area (TPSA) is 116 Å². The van der Waals surface area contributed by atoms with E-state index in [-0.39, 0.29) is 22.6 Å². The normalized spacial score (nSPS) is 19.1. The number of dihydropyridines is 1. The molecule has 8 heteroatoms. The van der Waals surface area contributed by atoms with Crippen LogP contribution in [0.4, 0.5) is 5.69 Å². The number of aliphatic carboxylic acids is 1. The number of nitro benzene ring substituents is 1. The molecule has 7 nitrogen and oxygen atoms in total. The van der Waals surface area contributed by atoms with Crippen molar-refractivity contribution >= 4 is 22.8 Å². The lowest BCUT2D eigenvalue weighted by molar-refractivity contribution is -0.385. The highest BCUT2D eigenvalue weighted by Crippen LogP contribution is 2.43. The van der Waals surface area contributed by atoms with E-state index in [1.165, 1.54) is 18.2 Å². The highest BCUT2D eigenvalue weighted by atomic mass is 32.2. The molecule has 2 N–H and O–H groups in total. The zero-order chi connectivity index (χ0) is 18.0. The van der Waals surface area contributed by atoms with Crippen molar-refractivity contribution in [2.24, 2.45) is 0 Å². The number of allylic oxidation sites excluding steroid dienone is 3. The minimum absolute atomic E-state index is 0.0216. The molecule has 0 bridgehead atoms. The fourth-order valence-electron chi connectivity index (χ4n) is 2.91. The molecule has 1 aromatic rings. The third-order valence-electron chi connectivity index (χ3n) is 3.88. The fourth-order valence-corrected chi connectivity index (χ4v) is 4.12. The predicted molar refractivity (Wildman–Crippen MR) is 90.7 cm³/mol. The van der Waals surface area contributed by atoms with Crippen LogP contribution in [0, 0.1) is 10.1 Å². The van der Waals surface area contributed by atoms with E-state index in [9.17, 15) is 24.6 Å². The third kappa shape index (κ3) is 3.15. The van der Waals surface area contributed by atoms with Gasteiger partial charge in [0.05, 0.1) is 22.1 Å². The summed E-state index contributed by atoms with van der Waals surface area (Å²) in [4.78, 5) is 23.0. The number of nitrogens with zero attached hydrogens (tertiary/aromatic N) is 1. The molecular formula is C16H18N2O5S. The summed E-state index contributed by atoms with van der Waals surface area (Å²) in [5.74, 6) is -1.83. The number of benzene rings is 1. The average Bonchev–Trinajstić information content (AvgIpc) is 2.52. The Morgan fingerprint density at radius 1 is 1.33 bits per heavy atom. The molecule has 128 valence electrons. The molecule has 1 aromatic carbocycles. The summed E-state index contributed by atoms with van der Waals surface area (Å²) in [6.45, 7) is 5.02. The van der Waals surface area contributed by atoms with Crippen LogP contribution < -0.4 is 5.32 Å². The smallest absolute Gasteiger partial charge is 0.334 e. The van der Waals surface area contributed by atoms with E-state index in [0.29, 0.717) is 16.3 Å². The maximum Gasteiger partial charge on any atom is 0.334 e. The van der Waals surface area contributed by atoms with Crippen LogP contribution in [0.2, 0.25) is 0 Å². The number of carbonyl (C=O) groups is 1. The van der Waals surface area contributed by atoms with Crippen molar-refractivity contribution in [1.29, 1.82) is 0 Å². The second kappa shape index (κ2) is 7.06. The minimum Gasteiger partial charge on any atom is -0.612 e. The number of carboxylic acid groups (broad SMARTS) is 1. The number of nitrogens with one attached hydrogen (secondary N) is 1. The predicted octanol–water partition coefficient (Wildman–Crippen LogP) is 2.64. The Balaban J connectivity index is 2.78. The number of para-hydroxylation sites is 1. The van der Waals surface area contributed by atoms with Gasteiger partial charge in [-0.15, -0.1) is 0 Å². The Bertz CT molecular complexity index is 757. The van der Waals surface area contributed by atoms with Crippen LogP contribution in [0.1, 0.15) is 32.3 Å². The fraction of sp³-hybridized carbons (Fsp3) is 0.312. The molecule has 0 saturated heterocycles. The number of carboxylic acids is 1. The van der Waals surface area contributed by atoms with Gasteiger partial charge in [-0.2, -0.15) is 0 Å². The molecule has 0 radical (unpaired) electrons. The van der Waals surface area contributed by atoms with Gasteiger partial charge in [0.15, 0.2) is 4.91 Å². The van der Waals surface area contributed by atoms with Gasteiger partial charge in [0.1, 0.15) is 5.75 Å². The van der Waals surface area contributed by atoms with E-state index in [0.717, 1.165) is 0 Å². The third-order valence-corrected chi connectivity index (χ3v) is 5.44. The zero-order valence-electron chi connectivity index (χ0n) is 13.5. The second-order valence-corrected chi connectivity index (χ2v) is 7.05. The zero-order valence-corrected chi connectivity index (χ0v) is 14.3. The van der Waals surface area contributed by atoms with Crippen molar-refractivity contribution in [3.63, 3.8) is 0 Å². The Morgan fingerprint density at radius 3 is 2.50 bits per heavy atom. The van der Waals surface area contributed by atoms with Crippen LogP contribution in [-0.4, -0.2) is 26.3 Å². The lowest BCUT2D eigenvalue weighted by Crippen LogP contribution is -2.32. The Kier molecular flexibility index (Phi) is 5.30. The SMILES string of the molecule is CC[S+]([O-])C1=C(C)NC(C)=C(C(=O)O)C1c1ccccc1[N+](=O)[O-]. The monoisotopic (exact) mass is 350 g/mol. The highest BCUT2D eigenvalue weighted by molar-refractivity contribution is 7.95. The summed E-state index contributed by atoms with van der Waals surface area (Å²) in [5.41, 5.74) is 0.985. The number of nitro groups is 1. The van der Waals surface area contributed by atoms with Crippen LogP contribution in [0.3, 0.4) is 0 Å². The molecule has 0 aromatic heterocycles. The molecule has 1 aliphatic heterocycles. The molecule has 2 rings (SSSR count). The van der Waals surface area contributed by atoms with Crippen LogP contribution in [0.5, 0.6) is 0 Å². The number of rotatable bonds is 5. The summed E-state index contributed by atoms with van der Waals surface area (Å²) >= 11 is -1.45. The quantitative estimate of drug-likeness (QED) is 0.479. The van der Waals surface area contributed by atoms with Crippen molar-refractivity contribution in [3.8, 4) is 0 Å². The summed E-state index contributed by atoms with van der Waals surface area (Å²) < 4.78 is 12.5. The lowest BCUT2D eigenvalue weighted by atomic mass is 9.85. The van der Waals surface area contributed by atoms with Gasteiger partial charge in [-0.1, -0.05) is 18.2 Å². The first-order chi connectivity index (χ1) is 11.3. The molecule has 24 heavy (non-hydrogen) atoms. The van der Waals surface area contributed by atoms with Crippen molar-refractivity contribution in [1.82, 2.24) is 5.32 Å². The van der Waals surface area contributed by atoms with Crippen LogP contribution in [0.25, 0.3) is 0 Å². The largest absolute Gasteiger partial charge is 0.612 e. The summed E-state index contributed by atoms with van der Waals surface area (Å²) in [5, 5.41) is 24.0. The average molecular weight is 350 g/mol. The molecule has 0 saturated carbocycles. The van der Waals surface area contributed by atoms with Gasteiger partial charge in [-0.05, 0) is 31.9 Å². The lowest BCUT2D eigenvalue weighted by Gasteiger charge is -2.30. The molecule has 0 aliphatic carbocycles. The molecular weight excluding hydrogens is 332 g/mol. The van der Waals surface area contributed by atoms with E-state index >= 15 is 0 Å².